The molecule has 26 heavy (non-hydrogen) atoms. The summed E-state index contributed by atoms with van der Waals surface area (Å²) in [7, 11) is -3.63. The summed E-state index contributed by atoms with van der Waals surface area (Å²) in [4.78, 5) is 7.68. The Morgan fingerprint density at radius 2 is 2.00 bits per heavy atom. The van der Waals surface area contributed by atoms with Crippen LogP contribution in [0, 0.1) is 0 Å². The van der Waals surface area contributed by atoms with Crippen LogP contribution >= 0.6 is 19.0 Å². The van der Waals surface area contributed by atoms with Crippen molar-refractivity contribution >= 4 is 19.0 Å². The molecule has 0 radical (unpaired) electrons. The zero-order chi connectivity index (χ0) is 19.8. The summed E-state index contributed by atoms with van der Waals surface area (Å²) in [5.41, 5.74) is 0.522. The lowest BCUT2D eigenvalue weighted by molar-refractivity contribution is -0.150. The molecule has 1 rings (SSSR count). The molecular weight excluding hydrogens is 394 g/mol. The Morgan fingerprint density at radius 1 is 1.38 bits per heavy atom. The Kier molecular flexibility index (Phi) is 9.33. The maximum Gasteiger partial charge on any atom is 0.411 e. The number of alkyl halides is 4. The molecule has 2 unspecified atom stereocenters. The smallest absolute Gasteiger partial charge is 0.345 e. The Morgan fingerprint density at radius 3 is 2.54 bits per heavy atom. The molecule has 0 aromatic heterocycles. The fourth-order valence-corrected chi connectivity index (χ4v) is 4.28. The van der Waals surface area contributed by atoms with Gasteiger partial charge in [-0.25, -0.2) is 0 Å². The van der Waals surface area contributed by atoms with E-state index in [-0.39, 0.29) is 32.3 Å². The summed E-state index contributed by atoms with van der Waals surface area (Å²) in [6.07, 6.45) is -0.654. The molecule has 2 N–H and O–H groups in total. The van der Waals surface area contributed by atoms with E-state index in [1.165, 1.54) is 6.08 Å². The number of ether oxygens (including phenoxy) is 2. The standard InChI is InChI=1S/C16H26ClF3NO4P/c1-3-24-14(25-4-2)26(22,23)10-6-9-21-12-13-7-5-8-15(17,11-13)16(18,19)20/h5,7-8,14,21H,3-4,6,9-12H2,1-2H3,(H,22,23). The first-order valence-electron chi connectivity index (χ1n) is 8.44. The minimum Gasteiger partial charge on any atom is -0.345 e. The average Bonchev–Trinajstić information content (AvgIpc) is 2.53. The minimum absolute atomic E-state index is 0.00832. The highest BCUT2D eigenvalue weighted by Crippen LogP contribution is 2.47. The molecule has 1 aliphatic rings. The number of halogens is 4. The van der Waals surface area contributed by atoms with Gasteiger partial charge in [0.2, 0.25) is 6.03 Å². The van der Waals surface area contributed by atoms with Gasteiger partial charge in [-0.1, -0.05) is 23.8 Å². The van der Waals surface area contributed by atoms with E-state index in [1.54, 1.807) is 19.9 Å². The zero-order valence-electron chi connectivity index (χ0n) is 14.9. The van der Waals surface area contributed by atoms with Crippen LogP contribution in [0.15, 0.2) is 23.8 Å². The van der Waals surface area contributed by atoms with E-state index in [9.17, 15) is 22.6 Å². The van der Waals surface area contributed by atoms with E-state index < -0.39 is 24.5 Å². The normalized spacial score (nSPS) is 23.2. The lowest BCUT2D eigenvalue weighted by Crippen LogP contribution is -2.40. The van der Waals surface area contributed by atoms with E-state index in [2.05, 4.69) is 5.32 Å². The summed E-state index contributed by atoms with van der Waals surface area (Å²) in [5.74, 6) is 0. The largest absolute Gasteiger partial charge is 0.411 e. The van der Waals surface area contributed by atoms with Crippen LogP contribution in [0.5, 0.6) is 0 Å². The first-order valence-corrected chi connectivity index (χ1v) is 10.7. The maximum absolute atomic E-state index is 13.0. The number of allylic oxidation sites excluding steroid dienone is 3. The topological polar surface area (TPSA) is 67.8 Å². The SMILES string of the molecule is CCOC(OCC)P(=O)(O)CCCNCC1=CC=CC(Cl)(C(F)(F)F)C1. The van der Waals surface area contributed by atoms with Crippen LogP contribution in [0.3, 0.4) is 0 Å². The van der Waals surface area contributed by atoms with Crippen molar-refractivity contribution in [3.63, 3.8) is 0 Å². The van der Waals surface area contributed by atoms with Gasteiger partial charge in [0.25, 0.3) is 7.37 Å². The van der Waals surface area contributed by atoms with E-state index in [1.807, 2.05) is 0 Å². The molecule has 2 atom stereocenters. The number of rotatable bonds is 11. The molecule has 0 amide bonds. The Labute approximate surface area is 157 Å². The summed E-state index contributed by atoms with van der Waals surface area (Å²) < 4.78 is 61.5. The number of hydrogen-bond donors (Lipinski definition) is 2. The molecule has 0 spiro atoms. The molecule has 0 saturated carbocycles. The highest BCUT2D eigenvalue weighted by molar-refractivity contribution is 7.58. The van der Waals surface area contributed by atoms with Gasteiger partial charge < -0.3 is 19.7 Å². The highest BCUT2D eigenvalue weighted by Gasteiger charge is 2.52. The van der Waals surface area contributed by atoms with Crippen molar-refractivity contribution in [2.45, 2.75) is 43.8 Å². The first-order chi connectivity index (χ1) is 12.1. The third-order valence-electron chi connectivity index (χ3n) is 3.78. The Balaban J connectivity index is 2.40. The third-order valence-corrected chi connectivity index (χ3v) is 6.17. The molecule has 0 fully saturated rings. The van der Waals surface area contributed by atoms with Gasteiger partial charge in [-0.2, -0.15) is 13.2 Å². The molecule has 1 aliphatic carbocycles. The second-order valence-electron chi connectivity index (χ2n) is 5.95. The Bertz CT molecular complexity index is 550. The summed E-state index contributed by atoms with van der Waals surface area (Å²) in [6, 6.07) is -1.15. The molecule has 10 heteroatoms. The van der Waals surface area contributed by atoms with Gasteiger partial charge in [0.15, 0.2) is 4.87 Å². The van der Waals surface area contributed by atoms with Crippen molar-refractivity contribution in [3.8, 4) is 0 Å². The fraction of sp³-hybridized carbons (Fsp3) is 0.750. The first kappa shape index (κ1) is 23.7. The van der Waals surface area contributed by atoms with Gasteiger partial charge in [-0.05, 0) is 26.8 Å². The number of hydrogen-bond acceptors (Lipinski definition) is 4. The monoisotopic (exact) mass is 419 g/mol. The van der Waals surface area contributed by atoms with E-state index in [0.717, 1.165) is 6.08 Å². The van der Waals surface area contributed by atoms with Crippen molar-refractivity contribution in [3.05, 3.63) is 23.8 Å². The molecule has 152 valence electrons. The van der Waals surface area contributed by atoms with Crippen molar-refractivity contribution in [1.29, 1.82) is 0 Å². The Hall–Kier alpha value is -0.370. The summed E-state index contributed by atoms with van der Waals surface area (Å²) >= 11 is 5.66. The lowest BCUT2D eigenvalue weighted by atomic mass is 9.93. The van der Waals surface area contributed by atoms with Crippen LogP contribution in [0.2, 0.25) is 0 Å². The van der Waals surface area contributed by atoms with Crippen molar-refractivity contribution in [2.75, 3.05) is 32.5 Å². The van der Waals surface area contributed by atoms with Crippen LogP contribution in [0.4, 0.5) is 13.2 Å². The molecule has 0 heterocycles. The zero-order valence-corrected chi connectivity index (χ0v) is 16.5. The third kappa shape index (κ3) is 6.98. The second-order valence-corrected chi connectivity index (χ2v) is 9.00. The van der Waals surface area contributed by atoms with Gasteiger partial charge >= 0.3 is 6.18 Å². The van der Waals surface area contributed by atoms with Gasteiger partial charge in [-0.3, -0.25) is 4.57 Å². The van der Waals surface area contributed by atoms with Gasteiger partial charge in [0.05, 0.1) is 0 Å². The highest BCUT2D eigenvalue weighted by atomic mass is 35.5. The van der Waals surface area contributed by atoms with Crippen molar-refractivity contribution in [2.24, 2.45) is 0 Å². The van der Waals surface area contributed by atoms with E-state index in [4.69, 9.17) is 21.1 Å². The average molecular weight is 420 g/mol. The molecular formula is C16H26ClF3NO4P. The summed E-state index contributed by atoms with van der Waals surface area (Å²) in [6.45, 7) is 4.53. The molecule has 0 aromatic rings. The van der Waals surface area contributed by atoms with Gasteiger partial charge in [0, 0.05) is 32.3 Å². The minimum atomic E-state index is -4.53. The van der Waals surface area contributed by atoms with Crippen molar-refractivity contribution in [1.82, 2.24) is 5.32 Å². The van der Waals surface area contributed by atoms with E-state index in [0.29, 0.717) is 18.5 Å². The molecule has 0 saturated heterocycles. The number of nitrogens with one attached hydrogen (secondary N) is 1. The molecule has 0 aromatic carbocycles. The van der Waals surface area contributed by atoms with Crippen LogP contribution in [-0.2, 0) is 14.0 Å². The second kappa shape index (κ2) is 10.2. The van der Waals surface area contributed by atoms with Gasteiger partial charge in [0.1, 0.15) is 0 Å². The lowest BCUT2D eigenvalue weighted by Gasteiger charge is -2.29. The fourth-order valence-electron chi connectivity index (χ4n) is 2.45. The van der Waals surface area contributed by atoms with Gasteiger partial charge in [-0.15, -0.1) is 11.6 Å². The van der Waals surface area contributed by atoms with E-state index >= 15 is 0 Å². The predicted octanol–water partition coefficient (Wildman–Crippen LogP) is 4.02. The quantitative estimate of drug-likeness (QED) is 0.229. The van der Waals surface area contributed by atoms with Crippen LogP contribution in [0.1, 0.15) is 26.7 Å². The molecule has 0 bridgehead atoms. The molecule has 5 nitrogen and oxygen atoms in total. The molecule has 0 aliphatic heterocycles. The van der Waals surface area contributed by atoms with Crippen LogP contribution in [-0.4, -0.2) is 54.4 Å². The van der Waals surface area contributed by atoms with Crippen LogP contribution in [0.25, 0.3) is 0 Å². The summed E-state index contributed by atoms with van der Waals surface area (Å²) in [5, 5.41) is 2.98. The predicted molar refractivity (Wildman–Crippen MR) is 95.7 cm³/mol. The van der Waals surface area contributed by atoms with Crippen molar-refractivity contribution < 1.29 is 32.1 Å². The van der Waals surface area contributed by atoms with Crippen LogP contribution < -0.4 is 5.32 Å². The maximum atomic E-state index is 13.0.